The van der Waals surface area contributed by atoms with Gasteiger partial charge in [0, 0.05) is 18.5 Å². The summed E-state index contributed by atoms with van der Waals surface area (Å²) in [5.41, 5.74) is -0.000444. The molecule has 0 amide bonds. The number of hydrogen-bond acceptors (Lipinski definition) is 4. The van der Waals surface area contributed by atoms with E-state index >= 15 is 0 Å². The van der Waals surface area contributed by atoms with Crippen molar-refractivity contribution in [2.24, 2.45) is 5.92 Å². The van der Waals surface area contributed by atoms with E-state index in [2.05, 4.69) is 17.0 Å². The fourth-order valence-corrected chi connectivity index (χ4v) is 4.98. The van der Waals surface area contributed by atoms with Gasteiger partial charge < -0.3 is 19.8 Å². The Kier molecular flexibility index (Phi) is 4.10. The molecule has 2 aliphatic carbocycles. The van der Waals surface area contributed by atoms with E-state index in [1.165, 1.54) is 12.8 Å². The summed E-state index contributed by atoms with van der Waals surface area (Å²) in [7, 11) is 1.68. The van der Waals surface area contributed by atoms with Gasteiger partial charge in [0.2, 0.25) is 0 Å². The molecule has 3 atom stereocenters. The molecule has 0 radical (unpaired) electrons. The topological polar surface area (TPSA) is 52.9 Å². The maximum Gasteiger partial charge on any atom is 0.119 e. The van der Waals surface area contributed by atoms with Crippen molar-refractivity contribution in [2.45, 2.75) is 55.6 Å². The molecule has 1 aliphatic heterocycles. The minimum atomic E-state index is -0.758. The molecule has 132 valence electrons. The number of hydrogen-bond donors (Lipinski definition) is 2. The molecule has 24 heavy (non-hydrogen) atoms. The molecule has 1 unspecified atom stereocenters. The first-order valence-corrected chi connectivity index (χ1v) is 9.32. The first-order valence-electron chi connectivity index (χ1n) is 9.32. The number of β-amino-alcohol motifs (C(OH)–C–C–N with tert-alkyl or cyclic N) is 1. The van der Waals surface area contributed by atoms with Crippen LogP contribution >= 0.6 is 0 Å². The Bertz CT molecular complexity index is 602. The highest BCUT2D eigenvalue weighted by molar-refractivity contribution is 5.38. The van der Waals surface area contributed by atoms with E-state index in [-0.39, 0.29) is 11.5 Å². The third-order valence-corrected chi connectivity index (χ3v) is 6.54. The molecule has 4 rings (SSSR count). The van der Waals surface area contributed by atoms with Crippen molar-refractivity contribution in [2.75, 3.05) is 26.7 Å². The van der Waals surface area contributed by atoms with Crippen LogP contribution in [0.15, 0.2) is 24.3 Å². The number of aliphatic hydroxyl groups excluding tert-OH is 1. The largest absolute Gasteiger partial charge is 0.497 e. The highest BCUT2D eigenvalue weighted by atomic mass is 16.5. The average molecular weight is 331 g/mol. The fourth-order valence-electron chi connectivity index (χ4n) is 4.98. The summed E-state index contributed by atoms with van der Waals surface area (Å²) in [4.78, 5) is 2.45. The quantitative estimate of drug-likeness (QED) is 0.889. The molecule has 4 heteroatoms. The Balaban J connectivity index is 1.68. The van der Waals surface area contributed by atoms with Crippen molar-refractivity contribution in [1.82, 2.24) is 4.90 Å². The summed E-state index contributed by atoms with van der Waals surface area (Å²) in [5, 5.41) is 22.1. The molecule has 1 saturated heterocycles. The van der Waals surface area contributed by atoms with Crippen LogP contribution in [-0.2, 0) is 5.41 Å². The molecular weight excluding hydrogens is 302 g/mol. The molecule has 0 bridgehead atoms. The smallest absolute Gasteiger partial charge is 0.119 e. The lowest BCUT2D eigenvalue weighted by atomic mass is 9.55. The van der Waals surface area contributed by atoms with Crippen molar-refractivity contribution in [3.63, 3.8) is 0 Å². The minimum Gasteiger partial charge on any atom is -0.497 e. The molecule has 1 aromatic rings. The Morgan fingerprint density at radius 2 is 2.08 bits per heavy atom. The zero-order valence-electron chi connectivity index (χ0n) is 14.6. The van der Waals surface area contributed by atoms with Crippen molar-refractivity contribution in [3.05, 3.63) is 29.8 Å². The average Bonchev–Trinajstić information content (AvgIpc) is 3.39. The number of rotatable bonds is 4. The van der Waals surface area contributed by atoms with Gasteiger partial charge in [0.1, 0.15) is 5.75 Å². The predicted octanol–water partition coefficient (Wildman–Crippen LogP) is 2.32. The van der Waals surface area contributed by atoms with Gasteiger partial charge in [-0.25, -0.2) is 0 Å². The summed E-state index contributed by atoms with van der Waals surface area (Å²) in [6.45, 7) is 2.86. The Morgan fingerprint density at radius 1 is 1.25 bits per heavy atom. The summed E-state index contributed by atoms with van der Waals surface area (Å²) >= 11 is 0. The van der Waals surface area contributed by atoms with E-state index < -0.39 is 5.60 Å². The number of fused-ring (bicyclic) bond motifs is 1. The van der Waals surface area contributed by atoms with Gasteiger partial charge in [0.05, 0.1) is 18.8 Å². The van der Waals surface area contributed by atoms with Crippen molar-refractivity contribution in [3.8, 4) is 5.75 Å². The third-order valence-electron chi connectivity index (χ3n) is 6.54. The van der Waals surface area contributed by atoms with Gasteiger partial charge in [0.15, 0.2) is 0 Å². The fraction of sp³-hybridized carbons (Fsp3) is 0.700. The van der Waals surface area contributed by atoms with Crippen LogP contribution in [0.4, 0.5) is 0 Å². The standard InChI is InChI=1S/C20H29NO3/c1-24-18-4-2-3-16(11-18)19-9-10-21(13-15-5-6-15)14-20(19,23)8-7-17(22)12-19/h2-4,11,15,17,22-23H,5-10,12-14H2,1H3/t17?,19-,20-/m1/s1. The van der Waals surface area contributed by atoms with E-state index in [1.54, 1.807) is 7.11 Å². The van der Waals surface area contributed by atoms with E-state index in [9.17, 15) is 10.2 Å². The second-order valence-electron chi connectivity index (χ2n) is 8.17. The molecular formula is C20H29NO3. The van der Waals surface area contributed by atoms with Crippen LogP contribution in [-0.4, -0.2) is 53.6 Å². The molecule has 1 aromatic carbocycles. The monoisotopic (exact) mass is 331 g/mol. The number of ether oxygens (including phenoxy) is 1. The van der Waals surface area contributed by atoms with Crippen LogP contribution in [0.1, 0.15) is 44.1 Å². The van der Waals surface area contributed by atoms with Crippen LogP contribution < -0.4 is 4.74 Å². The summed E-state index contributed by atoms with van der Waals surface area (Å²) < 4.78 is 5.41. The van der Waals surface area contributed by atoms with Gasteiger partial charge in [-0.2, -0.15) is 0 Å². The van der Waals surface area contributed by atoms with Crippen LogP contribution in [0.5, 0.6) is 5.75 Å². The summed E-state index contributed by atoms with van der Waals surface area (Å²) in [6.07, 6.45) is 5.27. The van der Waals surface area contributed by atoms with E-state index in [0.29, 0.717) is 19.3 Å². The summed E-state index contributed by atoms with van der Waals surface area (Å²) in [6, 6.07) is 8.10. The van der Waals surface area contributed by atoms with Gasteiger partial charge in [-0.3, -0.25) is 0 Å². The van der Waals surface area contributed by atoms with Crippen LogP contribution in [0.25, 0.3) is 0 Å². The predicted molar refractivity (Wildman–Crippen MR) is 93.3 cm³/mol. The van der Waals surface area contributed by atoms with Crippen molar-refractivity contribution < 1.29 is 14.9 Å². The van der Waals surface area contributed by atoms with Gasteiger partial charge in [0.25, 0.3) is 0 Å². The van der Waals surface area contributed by atoms with E-state index in [4.69, 9.17) is 4.74 Å². The van der Waals surface area contributed by atoms with Crippen LogP contribution in [0.2, 0.25) is 0 Å². The SMILES string of the molecule is COc1cccc([C@]23CCN(CC4CC4)C[C@]2(O)CCC(O)C3)c1. The molecule has 3 aliphatic rings. The molecule has 2 saturated carbocycles. The maximum atomic E-state index is 11.7. The number of benzene rings is 1. The van der Waals surface area contributed by atoms with Crippen LogP contribution in [0, 0.1) is 5.92 Å². The number of aliphatic hydroxyl groups is 2. The lowest BCUT2D eigenvalue weighted by Crippen LogP contribution is -2.66. The normalized spacial score (nSPS) is 37.0. The highest BCUT2D eigenvalue weighted by Crippen LogP contribution is 2.52. The molecule has 0 aromatic heterocycles. The lowest BCUT2D eigenvalue weighted by Gasteiger charge is -2.57. The first-order chi connectivity index (χ1) is 11.5. The molecule has 1 heterocycles. The van der Waals surface area contributed by atoms with Gasteiger partial charge in [-0.15, -0.1) is 0 Å². The first kappa shape index (κ1) is 16.4. The van der Waals surface area contributed by atoms with Gasteiger partial charge in [-0.05, 0) is 68.7 Å². The summed E-state index contributed by atoms with van der Waals surface area (Å²) in [5.74, 6) is 1.66. The number of methoxy groups -OCH3 is 1. The molecule has 4 nitrogen and oxygen atoms in total. The number of nitrogens with zero attached hydrogens (tertiary/aromatic N) is 1. The number of piperidine rings is 1. The second-order valence-corrected chi connectivity index (χ2v) is 8.17. The zero-order chi connectivity index (χ0) is 16.8. The maximum absolute atomic E-state index is 11.7. The number of likely N-dealkylation sites (tertiary alicyclic amines) is 1. The third kappa shape index (κ3) is 2.75. The Labute approximate surface area is 144 Å². The van der Waals surface area contributed by atoms with Gasteiger partial charge in [-0.1, -0.05) is 12.1 Å². The highest BCUT2D eigenvalue weighted by Gasteiger charge is 2.57. The van der Waals surface area contributed by atoms with Crippen molar-refractivity contribution >= 4 is 0 Å². The van der Waals surface area contributed by atoms with Gasteiger partial charge >= 0.3 is 0 Å². The lowest BCUT2D eigenvalue weighted by molar-refractivity contribution is -0.142. The second kappa shape index (κ2) is 6.01. The Morgan fingerprint density at radius 3 is 2.83 bits per heavy atom. The zero-order valence-corrected chi connectivity index (χ0v) is 14.6. The molecule has 0 spiro atoms. The minimum absolute atomic E-state index is 0.327. The van der Waals surface area contributed by atoms with Crippen molar-refractivity contribution in [1.29, 1.82) is 0 Å². The molecule has 2 N–H and O–H groups in total. The van der Waals surface area contributed by atoms with E-state index in [1.807, 2.05) is 12.1 Å². The van der Waals surface area contributed by atoms with Crippen LogP contribution in [0.3, 0.4) is 0 Å². The van der Waals surface area contributed by atoms with E-state index in [0.717, 1.165) is 43.3 Å². The molecule has 3 fully saturated rings. The Hall–Kier alpha value is -1.10.